The van der Waals surface area contributed by atoms with Crippen LogP contribution in [0.3, 0.4) is 0 Å². The normalized spacial score (nSPS) is 10.6. The summed E-state index contributed by atoms with van der Waals surface area (Å²) in [5, 5.41) is 0.991. The van der Waals surface area contributed by atoms with Crippen molar-refractivity contribution in [3.05, 3.63) is 29.5 Å². The zero-order chi connectivity index (χ0) is 11.0. The summed E-state index contributed by atoms with van der Waals surface area (Å²) in [6.45, 7) is 5.43. The summed E-state index contributed by atoms with van der Waals surface area (Å²) < 4.78 is 5.13. The molecule has 0 saturated heterocycles. The van der Waals surface area contributed by atoms with Crippen molar-refractivity contribution >= 4 is 16.9 Å². The fraction of sp³-hybridized carbons (Fsp3) is 0.250. The van der Waals surface area contributed by atoms with Gasteiger partial charge < -0.3 is 9.72 Å². The van der Waals surface area contributed by atoms with Crippen molar-refractivity contribution in [3.8, 4) is 5.75 Å². The highest BCUT2D eigenvalue weighted by atomic mass is 16.5. The Balaban J connectivity index is 2.67. The summed E-state index contributed by atoms with van der Waals surface area (Å²) in [6.07, 6.45) is 1.73. The number of fused-ring (bicyclic) bond motifs is 1. The van der Waals surface area contributed by atoms with Gasteiger partial charge in [-0.05, 0) is 25.0 Å². The molecule has 0 aliphatic carbocycles. The Morgan fingerprint density at radius 3 is 2.60 bits per heavy atom. The Morgan fingerprint density at radius 2 is 1.93 bits per heavy atom. The van der Waals surface area contributed by atoms with Crippen LogP contribution in [0.4, 0.5) is 0 Å². The topological polar surface area (TPSA) is 42.1 Å². The molecule has 15 heavy (non-hydrogen) atoms. The predicted octanol–water partition coefficient (Wildman–Crippen LogP) is 2.71. The highest BCUT2D eigenvalue weighted by Gasteiger charge is 2.10. The van der Waals surface area contributed by atoms with E-state index in [1.54, 1.807) is 6.20 Å². The number of aromatic nitrogens is 1. The number of rotatable bonds is 1. The standard InChI is InChI=1S/C12H13NO2/c1-7-4-5-8(2)12-11(7)10(6-13-12)15-9(3)14/h4-6,13H,1-3H3. The first-order valence-corrected chi connectivity index (χ1v) is 4.85. The molecular weight excluding hydrogens is 190 g/mol. The van der Waals surface area contributed by atoms with Crippen LogP contribution in [0.15, 0.2) is 18.3 Å². The molecule has 1 aromatic heterocycles. The summed E-state index contributed by atoms with van der Waals surface area (Å²) in [5.41, 5.74) is 3.29. The van der Waals surface area contributed by atoms with E-state index in [9.17, 15) is 4.79 Å². The summed E-state index contributed by atoms with van der Waals surface area (Å²) in [4.78, 5) is 14.0. The number of benzene rings is 1. The lowest BCUT2D eigenvalue weighted by Gasteiger charge is -2.03. The molecule has 3 nitrogen and oxygen atoms in total. The molecule has 78 valence electrons. The van der Waals surface area contributed by atoms with E-state index < -0.39 is 0 Å². The highest BCUT2D eigenvalue weighted by Crippen LogP contribution is 2.30. The molecule has 0 radical (unpaired) electrons. The van der Waals surface area contributed by atoms with E-state index in [2.05, 4.69) is 4.98 Å². The van der Waals surface area contributed by atoms with Crippen molar-refractivity contribution in [2.45, 2.75) is 20.8 Å². The summed E-state index contributed by atoms with van der Waals surface area (Å²) in [7, 11) is 0. The number of hydrogen-bond acceptors (Lipinski definition) is 2. The molecule has 0 bridgehead atoms. The third kappa shape index (κ3) is 1.61. The molecule has 0 amide bonds. The molecule has 1 heterocycles. The minimum Gasteiger partial charge on any atom is -0.424 e. The first-order chi connectivity index (χ1) is 7.09. The number of carbonyl (C=O) groups is 1. The molecule has 1 N–H and O–H groups in total. The van der Waals surface area contributed by atoms with Crippen LogP contribution in [0.25, 0.3) is 10.9 Å². The zero-order valence-corrected chi connectivity index (χ0v) is 9.05. The molecule has 0 atom stereocenters. The number of esters is 1. The summed E-state index contributed by atoms with van der Waals surface area (Å²) in [5.74, 6) is 0.315. The Kier molecular flexibility index (Phi) is 2.23. The minimum absolute atomic E-state index is 0.295. The van der Waals surface area contributed by atoms with Crippen molar-refractivity contribution < 1.29 is 9.53 Å². The average molecular weight is 203 g/mol. The van der Waals surface area contributed by atoms with Crippen molar-refractivity contribution in [3.63, 3.8) is 0 Å². The SMILES string of the molecule is CC(=O)Oc1c[nH]c2c(C)ccc(C)c12. The van der Waals surface area contributed by atoms with Crippen molar-refractivity contribution in [1.29, 1.82) is 0 Å². The van der Waals surface area contributed by atoms with Crippen LogP contribution in [0.5, 0.6) is 5.75 Å². The Hall–Kier alpha value is -1.77. The molecule has 2 aromatic rings. The molecule has 3 heteroatoms. The number of aromatic amines is 1. The molecule has 0 unspecified atom stereocenters. The quantitative estimate of drug-likeness (QED) is 0.724. The maximum atomic E-state index is 10.9. The maximum Gasteiger partial charge on any atom is 0.308 e. The van der Waals surface area contributed by atoms with Crippen molar-refractivity contribution in [2.75, 3.05) is 0 Å². The number of H-pyrrole nitrogens is 1. The van der Waals surface area contributed by atoms with Gasteiger partial charge in [-0.3, -0.25) is 4.79 Å². The fourth-order valence-electron chi connectivity index (χ4n) is 1.76. The molecule has 0 aliphatic rings. The van der Waals surface area contributed by atoms with E-state index in [1.807, 2.05) is 26.0 Å². The van der Waals surface area contributed by atoms with Crippen molar-refractivity contribution in [1.82, 2.24) is 4.98 Å². The van der Waals surface area contributed by atoms with Gasteiger partial charge in [0.1, 0.15) is 0 Å². The fourth-order valence-corrected chi connectivity index (χ4v) is 1.76. The number of aryl methyl sites for hydroxylation is 2. The number of carbonyl (C=O) groups excluding carboxylic acids is 1. The molecule has 0 spiro atoms. The number of hydrogen-bond donors (Lipinski definition) is 1. The van der Waals surface area contributed by atoms with E-state index in [4.69, 9.17) is 4.74 Å². The van der Waals surface area contributed by atoms with E-state index in [0.29, 0.717) is 5.75 Å². The molecule has 0 aliphatic heterocycles. The van der Waals surface area contributed by atoms with Gasteiger partial charge in [0.15, 0.2) is 5.75 Å². The second kappa shape index (κ2) is 3.42. The van der Waals surface area contributed by atoms with Crippen LogP contribution < -0.4 is 4.74 Å². The van der Waals surface area contributed by atoms with E-state index in [0.717, 1.165) is 22.0 Å². The van der Waals surface area contributed by atoms with Gasteiger partial charge >= 0.3 is 5.97 Å². The average Bonchev–Trinajstić information content (AvgIpc) is 2.56. The number of nitrogens with one attached hydrogen (secondary N) is 1. The van der Waals surface area contributed by atoms with E-state index in [1.165, 1.54) is 6.92 Å². The minimum atomic E-state index is -0.295. The lowest BCUT2D eigenvalue weighted by atomic mass is 10.1. The van der Waals surface area contributed by atoms with Gasteiger partial charge in [0.05, 0.1) is 5.52 Å². The highest BCUT2D eigenvalue weighted by molar-refractivity contribution is 5.93. The zero-order valence-electron chi connectivity index (χ0n) is 9.05. The van der Waals surface area contributed by atoms with Crippen LogP contribution >= 0.6 is 0 Å². The van der Waals surface area contributed by atoms with E-state index in [-0.39, 0.29) is 5.97 Å². The lowest BCUT2D eigenvalue weighted by Crippen LogP contribution is -2.00. The van der Waals surface area contributed by atoms with Gasteiger partial charge in [-0.1, -0.05) is 12.1 Å². The lowest BCUT2D eigenvalue weighted by molar-refractivity contribution is -0.131. The molecule has 0 saturated carbocycles. The Bertz CT molecular complexity index is 526. The van der Waals surface area contributed by atoms with E-state index >= 15 is 0 Å². The van der Waals surface area contributed by atoms with Crippen LogP contribution in [0.1, 0.15) is 18.1 Å². The van der Waals surface area contributed by atoms with Gasteiger partial charge in [0.2, 0.25) is 0 Å². The molecule has 1 aromatic carbocycles. The van der Waals surface area contributed by atoms with Crippen molar-refractivity contribution in [2.24, 2.45) is 0 Å². The van der Waals surface area contributed by atoms with Gasteiger partial charge in [-0.15, -0.1) is 0 Å². The first kappa shape index (κ1) is 9.77. The second-order valence-electron chi connectivity index (χ2n) is 3.70. The molecular formula is C12H13NO2. The second-order valence-corrected chi connectivity index (χ2v) is 3.70. The largest absolute Gasteiger partial charge is 0.424 e. The monoisotopic (exact) mass is 203 g/mol. The maximum absolute atomic E-state index is 10.9. The van der Waals surface area contributed by atoms with Crippen LogP contribution in [0.2, 0.25) is 0 Å². The van der Waals surface area contributed by atoms with Gasteiger partial charge in [-0.25, -0.2) is 0 Å². The Labute approximate surface area is 88.1 Å². The third-order valence-corrected chi connectivity index (χ3v) is 2.47. The number of ether oxygens (including phenoxy) is 1. The predicted molar refractivity (Wildman–Crippen MR) is 59.1 cm³/mol. The van der Waals surface area contributed by atoms with Gasteiger partial charge in [0.25, 0.3) is 0 Å². The first-order valence-electron chi connectivity index (χ1n) is 4.85. The van der Waals surface area contributed by atoms with Gasteiger partial charge in [-0.2, -0.15) is 0 Å². The molecule has 0 fully saturated rings. The van der Waals surface area contributed by atoms with Crippen LogP contribution in [-0.2, 0) is 4.79 Å². The Morgan fingerprint density at radius 1 is 1.27 bits per heavy atom. The third-order valence-electron chi connectivity index (χ3n) is 2.47. The summed E-state index contributed by atoms with van der Waals surface area (Å²) in [6, 6.07) is 4.07. The van der Waals surface area contributed by atoms with Crippen LogP contribution in [-0.4, -0.2) is 11.0 Å². The smallest absolute Gasteiger partial charge is 0.308 e. The summed E-state index contributed by atoms with van der Waals surface area (Å²) >= 11 is 0. The van der Waals surface area contributed by atoms with Crippen LogP contribution in [0, 0.1) is 13.8 Å². The molecule has 2 rings (SSSR count). The van der Waals surface area contributed by atoms with Gasteiger partial charge in [0, 0.05) is 18.5 Å².